The Bertz CT molecular complexity index is 222. The number of hydrogen-bond donors (Lipinski definition) is 2. The average molecular weight is 159 g/mol. The van der Waals surface area contributed by atoms with Gasteiger partial charge < -0.3 is 19.5 Å². The van der Waals surface area contributed by atoms with Crippen molar-refractivity contribution in [1.29, 1.82) is 0 Å². The van der Waals surface area contributed by atoms with Crippen molar-refractivity contribution >= 4 is 0 Å². The third-order valence-electron chi connectivity index (χ3n) is 1.17. The Morgan fingerprint density at radius 3 is 3.00 bits per heavy atom. The van der Waals surface area contributed by atoms with E-state index in [9.17, 15) is 0 Å². The molecule has 5 nitrogen and oxygen atoms in total. The van der Waals surface area contributed by atoms with Crippen molar-refractivity contribution in [1.82, 2.24) is 5.16 Å². The van der Waals surface area contributed by atoms with Gasteiger partial charge in [0.25, 0.3) is 5.88 Å². The molecule has 0 aromatic carbocycles. The summed E-state index contributed by atoms with van der Waals surface area (Å²) in [4.78, 5) is 0. The second-order valence-corrected chi connectivity index (χ2v) is 1.90. The number of nitrogens with zero attached hydrogens (tertiary/aromatic N) is 1. The molecular formula is C6H9NO4. The molecule has 0 bridgehead atoms. The maximum atomic E-state index is 9.11. The predicted molar refractivity (Wildman–Crippen MR) is 34.8 cm³/mol. The number of rotatable bonds is 3. The first-order valence-corrected chi connectivity index (χ1v) is 3.18. The van der Waals surface area contributed by atoms with E-state index in [1.54, 1.807) is 6.92 Å². The molecule has 62 valence electrons. The van der Waals surface area contributed by atoms with Crippen molar-refractivity contribution < 1.29 is 19.5 Å². The molecule has 1 atom stereocenters. The first-order valence-electron chi connectivity index (χ1n) is 3.18. The molecule has 11 heavy (non-hydrogen) atoms. The minimum atomic E-state index is -1.16. The zero-order valence-corrected chi connectivity index (χ0v) is 6.02. The Hall–Kier alpha value is -1.07. The third kappa shape index (κ3) is 1.69. The third-order valence-corrected chi connectivity index (χ3v) is 1.17. The zero-order valence-electron chi connectivity index (χ0n) is 6.02. The van der Waals surface area contributed by atoms with Gasteiger partial charge in [-0.1, -0.05) is 0 Å². The van der Waals surface area contributed by atoms with E-state index in [2.05, 4.69) is 9.68 Å². The van der Waals surface area contributed by atoms with Gasteiger partial charge in [0.2, 0.25) is 0 Å². The van der Waals surface area contributed by atoms with Crippen LogP contribution in [0.15, 0.2) is 10.8 Å². The van der Waals surface area contributed by atoms with E-state index in [1.807, 2.05) is 0 Å². The summed E-state index contributed by atoms with van der Waals surface area (Å²) >= 11 is 0. The summed E-state index contributed by atoms with van der Waals surface area (Å²) in [6.45, 7) is 2.08. The van der Waals surface area contributed by atoms with Gasteiger partial charge in [0.05, 0.1) is 0 Å². The fraction of sp³-hybridized carbons (Fsp3) is 0.500. The highest BCUT2D eigenvalue weighted by Gasteiger charge is 2.15. The lowest BCUT2D eigenvalue weighted by atomic mass is 10.3. The van der Waals surface area contributed by atoms with Crippen molar-refractivity contribution in [3.63, 3.8) is 0 Å². The largest absolute Gasteiger partial charge is 0.491 e. The van der Waals surface area contributed by atoms with Crippen LogP contribution in [0.25, 0.3) is 0 Å². The highest BCUT2D eigenvalue weighted by atomic mass is 16.6. The maximum absolute atomic E-state index is 9.11. The first kappa shape index (κ1) is 8.03. The van der Waals surface area contributed by atoms with E-state index >= 15 is 0 Å². The van der Waals surface area contributed by atoms with Gasteiger partial charge in [-0.05, 0) is 12.1 Å². The van der Waals surface area contributed by atoms with Gasteiger partial charge in [-0.3, -0.25) is 0 Å². The van der Waals surface area contributed by atoms with E-state index in [0.29, 0.717) is 6.61 Å². The Morgan fingerprint density at radius 1 is 1.82 bits per heavy atom. The Labute approximate surface area is 63.2 Å². The summed E-state index contributed by atoms with van der Waals surface area (Å²) in [5, 5.41) is 21.2. The lowest BCUT2D eigenvalue weighted by Gasteiger charge is -2.06. The molecule has 1 aromatic rings. The lowest BCUT2D eigenvalue weighted by molar-refractivity contribution is -0.0991. The van der Waals surface area contributed by atoms with Crippen LogP contribution in [0, 0.1) is 0 Å². The molecule has 1 rings (SSSR count). The molecule has 1 unspecified atom stereocenters. The van der Waals surface area contributed by atoms with Crippen LogP contribution in [-0.4, -0.2) is 22.0 Å². The first-order chi connectivity index (χ1) is 5.25. The predicted octanol–water partition coefficient (Wildman–Crippen LogP) is 0.408. The van der Waals surface area contributed by atoms with Crippen LogP contribution in [0.2, 0.25) is 0 Å². The smallest absolute Gasteiger partial charge is 0.260 e. The van der Waals surface area contributed by atoms with Crippen LogP contribution in [0.3, 0.4) is 0 Å². The molecule has 1 heterocycles. The number of aromatic nitrogens is 1. The molecular weight excluding hydrogens is 150 g/mol. The number of aliphatic hydroxyl groups is 1. The fourth-order valence-corrected chi connectivity index (χ4v) is 0.655. The van der Waals surface area contributed by atoms with Gasteiger partial charge in [0, 0.05) is 6.61 Å². The van der Waals surface area contributed by atoms with Crippen LogP contribution in [0.5, 0.6) is 5.88 Å². The SMILES string of the molecule is CCOC(O)c1conc1O. The fourth-order valence-electron chi connectivity index (χ4n) is 0.655. The van der Waals surface area contributed by atoms with Crippen LogP contribution in [0.1, 0.15) is 18.8 Å². The number of aliphatic hydroxyl groups excluding tert-OH is 1. The number of ether oxygens (including phenoxy) is 1. The zero-order chi connectivity index (χ0) is 8.27. The Morgan fingerprint density at radius 2 is 2.55 bits per heavy atom. The Kier molecular flexibility index (Phi) is 2.45. The molecule has 0 aliphatic heterocycles. The van der Waals surface area contributed by atoms with Crippen LogP contribution in [0.4, 0.5) is 0 Å². The topological polar surface area (TPSA) is 75.7 Å². The molecule has 1 aromatic heterocycles. The van der Waals surface area contributed by atoms with E-state index in [4.69, 9.17) is 14.9 Å². The van der Waals surface area contributed by atoms with Crippen molar-refractivity contribution in [2.45, 2.75) is 13.2 Å². The van der Waals surface area contributed by atoms with Crippen molar-refractivity contribution in [3.8, 4) is 5.88 Å². The van der Waals surface area contributed by atoms with Crippen LogP contribution in [-0.2, 0) is 4.74 Å². The summed E-state index contributed by atoms with van der Waals surface area (Å²) in [5.41, 5.74) is 0.145. The summed E-state index contributed by atoms with van der Waals surface area (Å²) < 4.78 is 9.14. The molecule has 0 amide bonds. The maximum Gasteiger partial charge on any atom is 0.260 e. The second kappa shape index (κ2) is 3.36. The highest BCUT2D eigenvalue weighted by molar-refractivity contribution is 5.19. The molecule has 5 heteroatoms. The summed E-state index contributed by atoms with van der Waals surface area (Å²) in [5.74, 6) is -0.342. The highest BCUT2D eigenvalue weighted by Crippen LogP contribution is 2.22. The monoisotopic (exact) mass is 159 g/mol. The molecule has 0 spiro atoms. The normalized spacial score (nSPS) is 13.3. The molecule has 0 saturated heterocycles. The minimum absolute atomic E-state index is 0.145. The quantitative estimate of drug-likeness (QED) is 0.624. The van der Waals surface area contributed by atoms with Crippen LogP contribution >= 0.6 is 0 Å². The minimum Gasteiger partial charge on any atom is -0.491 e. The second-order valence-electron chi connectivity index (χ2n) is 1.90. The number of aromatic hydroxyl groups is 1. The number of hydrogen-bond acceptors (Lipinski definition) is 5. The summed E-state index contributed by atoms with van der Waals surface area (Å²) in [6, 6.07) is 0. The van der Waals surface area contributed by atoms with E-state index in [1.165, 1.54) is 0 Å². The van der Waals surface area contributed by atoms with Gasteiger partial charge in [-0.2, -0.15) is 0 Å². The van der Waals surface area contributed by atoms with Gasteiger partial charge in [-0.15, -0.1) is 0 Å². The molecule has 2 N–H and O–H groups in total. The van der Waals surface area contributed by atoms with Gasteiger partial charge in [0.1, 0.15) is 11.8 Å². The van der Waals surface area contributed by atoms with Crippen molar-refractivity contribution in [3.05, 3.63) is 11.8 Å². The van der Waals surface area contributed by atoms with E-state index in [0.717, 1.165) is 6.26 Å². The molecule has 0 aliphatic rings. The van der Waals surface area contributed by atoms with E-state index < -0.39 is 6.29 Å². The van der Waals surface area contributed by atoms with Gasteiger partial charge >= 0.3 is 0 Å². The lowest BCUT2D eigenvalue weighted by Crippen LogP contribution is -2.01. The standard InChI is InChI=1S/C6H9NO4/c1-2-10-6(9)4-3-11-7-5(4)8/h3,6,9H,2H2,1H3,(H,7,8). The van der Waals surface area contributed by atoms with Crippen molar-refractivity contribution in [2.75, 3.05) is 6.61 Å². The molecule has 0 radical (unpaired) electrons. The average Bonchev–Trinajstić information content (AvgIpc) is 2.36. The molecule has 0 aliphatic carbocycles. The van der Waals surface area contributed by atoms with E-state index in [-0.39, 0.29) is 11.4 Å². The van der Waals surface area contributed by atoms with Gasteiger partial charge in [-0.25, -0.2) is 0 Å². The Balaban J connectivity index is 2.67. The summed E-state index contributed by atoms with van der Waals surface area (Å²) in [6.07, 6.45) is -0.0263. The van der Waals surface area contributed by atoms with Gasteiger partial charge in [0.15, 0.2) is 6.29 Å². The van der Waals surface area contributed by atoms with Crippen molar-refractivity contribution in [2.24, 2.45) is 0 Å². The molecule has 0 fully saturated rings. The molecule has 0 saturated carbocycles. The summed E-state index contributed by atoms with van der Waals surface area (Å²) in [7, 11) is 0. The van der Waals surface area contributed by atoms with Crippen LogP contribution < -0.4 is 0 Å².